The maximum Gasteiger partial charge on any atom is 0.263 e. The maximum absolute atomic E-state index is 13.1. The number of Topliss-reactive ketones (excluding diaryl/α,β-unsaturated/α-hetero) is 1. The maximum atomic E-state index is 13.1. The number of ether oxygens (including phenoxy) is 1. The van der Waals surface area contributed by atoms with E-state index in [1.807, 2.05) is 19.1 Å². The van der Waals surface area contributed by atoms with Crippen molar-refractivity contribution in [2.45, 2.75) is 26.8 Å². The van der Waals surface area contributed by atoms with E-state index in [1.54, 1.807) is 31.2 Å². The fourth-order valence-electron chi connectivity index (χ4n) is 2.94. The number of ketones is 1. The van der Waals surface area contributed by atoms with Crippen molar-refractivity contribution in [2.75, 3.05) is 6.61 Å². The topological polar surface area (TPSA) is 65.4 Å². The second kappa shape index (κ2) is 7.66. The average Bonchev–Trinajstić information content (AvgIpc) is 3.02. The van der Waals surface area contributed by atoms with E-state index in [1.165, 1.54) is 15.9 Å². The molecule has 0 aliphatic heterocycles. The van der Waals surface area contributed by atoms with Crippen LogP contribution in [-0.2, 0) is 13.0 Å². The molecule has 0 fully saturated rings. The number of aryl methyl sites for hydroxylation is 1. The third-order valence-corrected chi connectivity index (χ3v) is 5.22. The Morgan fingerprint density at radius 2 is 1.96 bits per heavy atom. The number of thiophene rings is 1. The average molecular weight is 369 g/mol. The summed E-state index contributed by atoms with van der Waals surface area (Å²) in [5.74, 6) is 0.182. The zero-order valence-electron chi connectivity index (χ0n) is 14.7. The second-order valence-corrected chi connectivity index (χ2v) is 6.84. The van der Waals surface area contributed by atoms with Crippen LogP contribution >= 0.6 is 11.3 Å². The molecule has 0 amide bonds. The Morgan fingerprint density at radius 1 is 1.23 bits per heavy atom. The summed E-state index contributed by atoms with van der Waals surface area (Å²) >= 11 is 1.24. The van der Waals surface area contributed by atoms with Crippen LogP contribution in [0.2, 0.25) is 0 Å². The number of benzene rings is 1. The Balaban J connectivity index is 2.16. The number of fused-ring (bicyclic) bond motifs is 1. The molecule has 0 atom stereocenters. The number of carbonyl (C=O) groups is 2. The molecule has 0 saturated carbocycles. The molecule has 26 heavy (non-hydrogen) atoms. The van der Waals surface area contributed by atoms with E-state index < -0.39 is 0 Å². The molecule has 0 unspecified atom stereocenters. The lowest BCUT2D eigenvalue weighted by molar-refractivity contribution is 0.0969. The molecular formula is C20H19NO4S. The van der Waals surface area contributed by atoms with Crippen molar-refractivity contribution in [3.63, 3.8) is 0 Å². The van der Waals surface area contributed by atoms with Gasteiger partial charge in [-0.3, -0.25) is 14.4 Å². The van der Waals surface area contributed by atoms with E-state index in [0.29, 0.717) is 45.6 Å². The van der Waals surface area contributed by atoms with Crippen molar-refractivity contribution in [3.8, 4) is 5.75 Å². The van der Waals surface area contributed by atoms with Crippen molar-refractivity contribution in [3.05, 3.63) is 62.9 Å². The first-order chi connectivity index (χ1) is 12.6. The van der Waals surface area contributed by atoms with Gasteiger partial charge in [-0.1, -0.05) is 37.3 Å². The molecule has 3 rings (SSSR count). The molecule has 0 saturated heterocycles. The third-order valence-electron chi connectivity index (χ3n) is 4.18. The number of aromatic nitrogens is 1. The normalized spacial score (nSPS) is 10.8. The third kappa shape index (κ3) is 3.20. The molecule has 0 bridgehead atoms. The molecule has 2 heterocycles. The molecular weight excluding hydrogens is 350 g/mol. The molecule has 0 aliphatic carbocycles. The van der Waals surface area contributed by atoms with Gasteiger partial charge in [-0.05, 0) is 19.4 Å². The van der Waals surface area contributed by atoms with E-state index in [4.69, 9.17) is 4.74 Å². The predicted octanol–water partition coefficient (Wildman–Crippen LogP) is 3.72. The minimum absolute atomic E-state index is 0.0419. The summed E-state index contributed by atoms with van der Waals surface area (Å²) < 4.78 is 7.76. The molecule has 0 radical (unpaired) electrons. The van der Waals surface area contributed by atoms with E-state index in [-0.39, 0.29) is 17.9 Å². The zero-order chi connectivity index (χ0) is 18.7. The fourth-order valence-corrected chi connectivity index (χ4v) is 3.96. The van der Waals surface area contributed by atoms with Gasteiger partial charge in [0.2, 0.25) is 0 Å². The molecule has 6 heteroatoms. The van der Waals surface area contributed by atoms with Gasteiger partial charge >= 0.3 is 0 Å². The van der Waals surface area contributed by atoms with Gasteiger partial charge in [-0.25, -0.2) is 0 Å². The smallest absolute Gasteiger partial charge is 0.263 e. The second-order valence-electron chi connectivity index (χ2n) is 5.76. The standard InChI is InChI=1S/C20H19NO4S/c1-3-14-10-16-18(19(25-4-2)17(12-22)26-16)20(24)21(14)11-15(23)13-8-6-5-7-9-13/h5-10,12H,3-4,11H2,1-2H3. The van der Waals surface area contributed by atoms with Gasteiger partial charge in [-0.15, -0.1) is 11.3 Å². The number of hydrogen-bond acceptors (Lipinski definition) is 5. The molecule has 5 nitrogen and oxygen atoms in total. The molecule has 1 aromatic carbocycles. The van der Waals surface area contributed by atoms with Gasteiger partial charge in [0.1, 0.15) is 10.3 Å². The molecule has 134 valence electrons. The van der Waals surface area contributed by atoms with E-state index in [9.17, 15) is 14.4 Å². The number of rotatable bonds is 7. The summed E-state index contributed by atoms with van der Waals surface area (Å²) in [6.45, 7) is 4.04. The van der Waals surface area contributed by atoms with Gasteiger partial charge < -0.3 is 9.30 Å². The Bertz CT molecular complexity index is 1020. The molecule has 0 N–H and O–H groups in total. The Kier molecular flexibility index (Phi) is 5.32. The van der Waals surface area contributed by atoms with Gasteiger partial charge in [-0.2, -0.15) is 0 Å². The van der Waals surface area contributed by atoms with Gasteiger partial charge in [0.15, 0.2) is 17.8 Å². The Morgan fingerprint density at radius 3 is 2.58 bits per heavy atom. The minimum atomic E-state index is -0.295. The van der Waals surface area contributed by atoms with Crippen LogP contribution < -0.4 is 10.3 Å². The minimum Gasteiger partial charge on any atom is -0.491 e. The quantitative estimate of drug-likeness (QED) is 0.470. The lowest BCUT2D eigenvalue weighted by Crippen LogP contribution is -2.27. The van der Waals surface area contributed by atoms with Gasteiger partial charge in [0, 0.05) is 16.0 Å². The molecule has 0 aliphatic rings. The van der Waals surface area contributed by atoms with Crippen molar-refractivity contribution >= 4 is 33.5 Å². The van der Waals surface area contributed by atoms with Crippen molar-refractivity contribution in [1.29, 1.82) is 0 Å². The number of hydrogen-bond donors (Lipinski definition) is 0. The van der Waals surface area contributed by atoms with Crippen LogP contribution in [0.5, 0.6) is 5.75 Å². The van der Waals surface area contributed by atoms with E-state index in [0.717, 1.165) is 5.69 Å². The van der Waals surface area contributed by atoms with Crippen LogP contribution in [0.4, 0.5) is 0 Å². The van der Waals surface area contributed by atoms with Crippen molar-refractivity contribution in [2.24, 2.45) is 0 Å². The highest BCUT2D eigenvalue weighted by Crippen LogP contribution is 2.35. The first-order valence-corrected chi connectivity index (χ1v) is 9.27. The fraction of sp³-hybridized carbons (Fsp3) is 0.250. The Hall–Kier alpha value is -2.73. The van der Waals surface area contributed by atoms with Crippen LogP contribution in [0.25, 0.3) is 10.1 Å². The Labute approximate surface area is 154 Å². The molecule has 2 aromatic heterocycles. The highest BCUT2D eigenvalue weighted by molar-refractivity contribution is 7.21. The van der Waals surface area contributed by atoms with Gasteiger partial charge in [0.25, 0.3) is 5.56 Å². The summed E-state index contributed by atoms with van der Waals surface area (Å²) in [5, 5.41) is 0.372. The zero-order valence-corrected chi connectivity index (χ0v) is 15.5. The van der Waals surface area contributed by atoms with Crippen molar-refractivity contribution in [1.82, 2.24) is 4.57 Å². The predicted molar refractivity (Wildman–Crippen MR) is 103 cm³/mol. The number of pyridine rings is 1. The monoisotopic (exact) mass is 369 g/mol. The number of aldehydes is 1. The van der Waals surface area contributed by atoms with Crippen molar-refractivity contribution < 1.29 is 14.3 Å². The van der Waals surface area contributed by atoms with Crippen LogP contribution in [-0.4, -0.2) is 23.2 Å². The summed E-state index contributed by atoms with van der Waals surface area (Å²) in [6, 6.07) is 10.8. The summed E-state index contributed by atoms with van der Waals surface area (Å²) in [6.07, 6.45) is 1.31. The lowest BCUT2D eigenvalue weighted by Gasteiger charge is -2.12. The first kappa shape index (κ1) is 18.1. The molecule has 3 aromatic rings. The molecule has 0 spiro atoms. The van der Waals surface area contributed by atoms with E-state index in [2.05, 4.69) is 0 Å². The van der Waals surface area contributed by atoms with E-state index >= 15 is 0 Å². The number of carbonyl (C=O) groups excluding carboxylic acids is 2. The largest absolute Gasteiger partial charge is 0.491 e. The highest BCUT2D eigenvalue weighted by Gasteiger charge is 2.20. The highest BCUT2D eigenvalue weighted by atomic mass is 32.1. The van der Waals surface area contributed by atoms with Crippen LogP contribution in [0, 0.1) is 0 Å². The summed E-state index contributed by atoms with van der Waals surface area (Å²) in [7, 11) is 0. The van der Waals surface area contributed by atoms with Crippen LogP contribution in [0.3, 0.4) is 0 Å². The van der Waals surface area contributed by atoms with Crippen LogP contribution in [0.1, 0.15) is 39.6 Å². The lowest BCUT2D eigenvalue weighted by atomic mass is 10.1. The SMILES string of the molecule is CCOc1c(C=O)sc2cc(CC)n(CC(=O)c3ccccc3)c(=O)c12. The van der Waals surface area contributed by atoms with Gasteiger partial charge in [0.05, 0.1) is 13.2 Å². The number of nitrogens with zero attached hydrogens (tertiary/aromatic N) is 1. The summed E-state index contributed by atoms with van der Waals surface area (Å²) in [4.78, 5) is 37.5. The summed E-state index contributed by atoms with van der Waals surface area (Å²) in [5.41, 5.74) is 1.02. The first-order valence-electron chi connectivity index (χ1n) is 8.46. The van der Waals surface area contributed by atoms with Crippen LogP contribution in [0.15, 0.2) is 41.2 Å².